The van der Waals surface area contributed by atoms with Gasteiger partial charge in [-0.3, -0.25) is 10.1 Å². The second kappa shape index (κ2) is 6.44. The first-order chi connectivity index (χ1) is 9.63. The molecule has 0 radical (unpaired) electrons. The number of aliphatic hydroxyl groups excluding tert-OH is 1. The molecule has 0 aliphatic heterocycles. The zero-order chi connectivity index (χ0) is 14.5. The largest absolute Gasteiger partial charge is 0.480 e. The van der Waals surface area contributed by atoms with Crippen molar-refractivity contribution in [2.24, 2.45) is 0 Å². The maximum Gasteiger partial charge on any atom is 0.310 e. The van der Waals surface area contributed by atoms with Crippen molar-refractivity contribution in [1.82, 2.24) is 4.98 Å². The molecule has 1 aromatic heterocycles. The van der Waals surface area contributed by atoms with E-state index in [1.165, 1.54) is 29.5 Å². The van der Waals surface area contributed by atoms with Crippen LogP contribution in [0.2, 0.25) is 0 Å². The average molecular weight is 294 g/mol. The van der Waals surface area contributed by atoms with Crippen LogP contribution in [0.5, 0.6) is 5.75 Å². The molecule has 0 fully saturated rings. The Labute approximate surface area is 119 Å². The fourth-order valence-corrected chi connectivity index (χ4v) is 2.38. The molecule has 1 N–H and O–H groups in total. The van der Waals surface area contributed by atoms with E-state index in [1.807, 2.05) is 12.3 Å². The van der Waals surface area contributed by atoms with Crippen LogP contribution in [0, 0.1) is 10.1 Å². The number of rotatable bonds is 6. The zero-order valence-corrected chi connectivity index (χ0v) is 11.7. The highest BCUT2D eigenvalue weighted by atomic mass is 32.1. The maximum atomic E-state index is 10.9. The van der Waals surface area contributed by atoms with Crippen molar-refractivity contribution in [1.29, 1.82) is 0 Å². The molecule has 0 unspecified atom stereocenters. The summed E-state index contributed by atoms with van der Waals surface area (Å²) in [5.74, 6) is 0.146. The lowest BCUT2D eigenvalue weighted by molar-refractivity contribution is -0.386. The molecule has 0 atom stereocenters. The maximum absolute atomic E-state index is 10.9. The SMILES string of the molecule is CCc1nc(COc2cc(CO)ccc2[N+](=O)[O-])cs1. The molecule has 1 heterocycles. The number of aromatic nitrogens is 1. The van der Waals surface area contributed by atoms with Crippen LogP contribution in [0.1, 0.15) is 23.2 Å². The van der Waals surface area contributed by atoms with Crippen LogP contribution in [-0.2, 0) is 19.6 Å². The van der Waals surface area contributed by atoms with Gasteiger partial charge in [-0.05, 0) is 24.1 Å². The van der Waals surface area contributed by atoms with Crippen molar-refractivity contribution in [2.45, 2.75) is 26.6 Å². The first kappa shape index (κ1) is 14.4. The standard InChI is InChI=1S/C13H14N2O4S/c1-2-13-14-10(8-20-13)7-19-12-5-9(6-16)3-4-11(12)15(17)18/h3-5,8,16H,2,6-7H2,1H3. The number of aryl methyl sites for hydroxylation is 1. The van der Waals surface area contributed by atoms with Crippen LogP contribution >= 0.6 is 11.3 Å². The van der Waals surface area contributed by atoms with Crippen LogP contribution < -0.4 is 4.74 Å². The quantitative estimate of drug-likeness (QED) is 0.654. The number of nitro groups is 1. The molecular formula is C13H14N2O4S. The van der Waals surface area contributed by atoms with Gasteiger partial charge in [-0.1, -0.05) is 6.92 Å². The first-order valence-corrected chi connectivity index (χ1v) is 6.96. The Hall–Kier alpha value is -1.99. The number of benzene rings is 1. The van der Waals surface area contributed by atoms with Gasteiger partial charge in [-0.2, -0.15) is 0 Å². The van der Waals surface area contributed by atoms with Gasteiger partial charge < -0.3 is 9.84 Å². The lowest BCUT2D eigenvalue weighted by Crippen LogP contribution is -2.00. The van der Waals surface area contributed by atoms with Gasteiger partial charge in [0, 0.05) is 11.4 Å². The second-order valence-electron chi connectivity index (χ2n) is 4.09. The predicted octanol–water partition coefficient (Wildman–Crippen LogP) is 2.69. The van der Waals surface area contributed by atoms with Gasteiger partial charge in [0.15, 0.2) is 5.75 Å². The van der Waals surface area contributed by atoms with Crippen LogP contribution in [0.25, 0.3) is 0 Å². The second-order valence-corrected chi connectivity index (χ2v) is 5.03. The summed E-state index contributed by atoms with van der Waals surface area (Å²) in [6.07, 6.45) is 0.852. The molecule has 0 amide bonds. The molecule has 2 aromatic rings. The third-order valence-electron chi connectivity index (χ3n) is 2.68. The highest BCUT2D eigenvalue weighted by Crippen LogP contribution is 2.29. The number of aliphatic hydroxyl groups is 1. The summed E-state index contributed by atoms with van der Waals surface area (Å²) in [6.45, 7) is 2.00. The summed E-state index contributed by atoms with van der Waals surface area (Å²) < 4.78 is 5.48. The van der Waals surface area contributed by atoms with Crippen molar-refractivity contribution in [3.05, 3.63) is 50.0 Å². The third-order valence-corrected chi connectivity index (χ3v) is 3.72. The van der Waals surface area contributed by atoms with Crippen molar-refractivity contribution < 1.29 is 14.8 Å². The summed E-state index contributed by atoms with van der Waals surface area (Å²) in [5.41, 5.74) is 1.20. The van der Waals surface area contributed by atoms with Gasteiger partial charge >= 0.3 is 5.69 Å². The normalized spacial score (nSPS) is 10.5. The lowest BCUT2D eigenvalue weighted by Gasteiger charge is -2.06. The number of thiazole rings is 1. The smallest absolute Gasteiger partial charge is 0.310 e. The summed E-state index contributed by atoms with van der Waals surface area (Å²) in [5, 5.41) is 22.9. The van der Waals surface area contributed by atoms with E-state index in [0.29, 0.717) is 5.56 Å². The number of hydrogen-bond acceptors (Lipinski definition) is 6. The van der Waals surface area contributed by atoms with E-state index in [4.69, 9.17) is 9.84 Å². The van der Waals surface area contributed by atoms with Crippen molar-refractivity contribution in [2.75, 3.05) is 0 Å². The van der Waals surface area contributed by atoms with E-state index in [0.717, 1.165) is 17.1 Å². The minimum Gasteiger partial charge on any atom is -0.480 e. The lowest BCUT2D eigenvalue weighted by atomic mass is 10.2. The highest BCUT2D eigenvalue weighted by molar-refractivity contribution is 7.09. The highest BCUT2D eigenvalue weighted by Gasteiger charge is 2.16. The van der Waals surface area contributed by atoms with Gasteiger partial charge in [0.2, 0.25) is 0 Å². The number of hydrogen-bond donors (Lipinski definition) is 1. The molecule has 7 heteroatoms. The minimum absolute atomic E-state index is 0.117. The molecule has 6 nitrogen and oxygen atoms in total. The van der Waals surface area contributed by atoms with Crippen molar-refractivity contribution in [3.8, 4) is 5.75 Å². The summed E-state index contributed by atoms with van der Waals surface area (Å²) in [4.78, 5) is 14.8. The molecule has 0 aliphatic rings. The molecule has 0 aliphatic carbocycles. The fourth-order valence-electron chi connectivity index (χ4n) is 1.65. The van der Waals surface area contributed by atoms with Crippen LogP contribution in [0.4, 0.5) is 5.69 Å². The monoisotopic (exact) mass is 294 g/mol. The number of nitrogens with zero attached hydrogens (tertiary/aromatic N) is 2. The van der Waals surface area contributed by atoms with Crippen LogP contribution in [0.15, 0.2) is 23.6 Å². The molecule has 0 saturated heterocycles. The van der Waals surface area contributed by atoms with E-state index >= 15 is 0 Å². The van der Waals surface area contributed by atoms with Crippen molar-refractivity contribution in [3.63, 3.8) is 0 Å². The fraction of sp³-hybridized carbons (Fsp3) is 0.308. The Morgan fingerprint density at radius 3 is 2.90 bits per heavy atom. The van der Waals surface area contributed by atoms with E-state index < -0.39 is 4.92 Å². The van der Waals surface area contributed by atoms with E-state index in [-0.39, 0.29) is 24.7 Å². The molecule has 0 saturated carbocycles. The first-order valence-electron chi connectivity index (χ1n) is 6.08. The van der Waals surface area contributed by atoms with Gasteiger partial charge in [0.05, 0.1) is 22.2 Å². The minimum atomic E-state index is -0.505. The molecular weight excluding hydrogens is 280 g/mol. The Morgan fingerprint density at radius 1 is 1.50 bits per heavy atom. The molecule has 1 aromatic carbocycles. The third kappa shape index (κ3) is 3.31. The Kier molecular flexibility index (Phi) is 4.65. The van der Waals surface area contributed by atoms with Crippen LogP contribution in [-0.4, -0.2) is 15.0 Å². The van der Waals surface area contributed by atoms with E-state index in [1.54, 1.807) is 0 Å². The van der Waals surface area contributed by atoms with Gasteiger partial charge in [0.1, 0.15) is 6.61 Å². The summed E-state index contributed by atoms with van der Waals surface area (Å²) in [6, 6.07) is 4.31. The Morgan fingerprint density at radius 2 is 2.30 bits per heavy atom. The molecule has 20 heavy (non-hydrogen) atoms. The molecule has 106 valence electrons. The predicted molar refractivity (Wildman–Crippen MR) is 74.8 cm³/mol. The summed E-state index contributed by atoms with van der Waals surface area (Å²) in [7, 11) is 0. The zero-order valence-electron chi connectivity index (χ0n) is 10.9. The number of ether oxygens (including phenoxy) is 1. The van der Waals surface area contributed by atoms with Gasteiger partial charge in [-0.15, -0.1) is 11.3 Å². The average Bonchev–Trinajstić information content (AvgIpc) is 2.92. The van der Waals surface area contributed by atoms with Gasteiger partial charge in [0.25, 0.3) is 0 Å². The topological polar surface area (TPSA) is 85.5 Å². The molecule has 2 rings (SSSR count). The molecule has 0 spiro atoms. The number of nitro benzene ring substituents is 1. The molecule has 0 bridgehead atoms. The van der Waals surface area contributed by atoms with E-state index in [2.05, 4.69) is 4.98 Å². The van der Waals surface area contributed by atoms with Crippen LogP contribution in [0.3, 0.4) is 0 Å². The van der Waals surface area contributed by atoms with E-state index in [9.17, 15) is 10.1 Å². The van der Waals surface area contributed by atoms with Gasteiger partial charge in [-0.25, -0.2) is 4.98 Å². The Bertz CT molecular complexity index is 612. The van der Waals surface area contributed by atoms with Crippen molar-refractivity contribution >= 4 is 17.0 Å². The Balaban J connectivity index is 2.16. The summed E-state index contributed by atoms with van der Waals surface area (Å²) >= 11 is 1.54.